The molecule has 0 fully saturated rings. The number of aliphatic hydroxyl groups excluding tert-OH is 1. The van der Waals surface area contributed by atoms with E-state index in [0.717, 1.165) is 0 Å². The summed E-state index contributed by atoms with van der Waals surface area (Å²) in [4.78, 5) is 10.2. The molecule has 0 spiro atoms. The quantitative estimate of drug-likeness (QED) is 0.588. The molecule has 0 amide bonds. The summed E-state index contributed by atoms with van der Waals surface area (Å²) in [5.41, 5.74) is 0. The molecule has 108 valence electrons. The van der Waals surface area contributed by atoms with Gasteiger partial charge in [-0.3, -0.25) is 0 Å². The number of rotatable bonds is 8. The molecule has 0 aliphatic heterocycles. The average molecular weight is 293 g/mol. The Balaban J connectivity index is 3.92. The Morgan fingerprint density at radius 3 is 2.33 bits per heavy atom. The fourth-order valence-electron chi connectivity index (χ4n) is 1.01. The highest BCUT2D eigenvalue weighted by molar-refractivity contribution is 7.89. The fourth-order valence-corrected chi connectivity index (χ4v) is 2.11. The summed E-state index contributed by atoms with van der Waals surface area (Å²) in [7, 11) is -3.88. The average Bonchev–Trinajstić information content (AvgIpc) is 2.14. The van der Waals surface area contributed by atoms with Crippen molar-refractivity contribution in [3.8, 4) is 0 Å². The molecule has 3 N–H and O–H groups in total. The SMILES string of the molecule is O=C(O)C(O)CCNS(=O)(=O)CCCC(F)(F)F. The van der Waals surface area contributed by atoms with Crippen LogP contribution in [0.2, 0.25) is 0 Å². The van der Waals surface area contributed by atoms with Gasteiger partial charge in [-0.2, -0.15) is 13.2 Å². The Bertz CT molecular complexity index is 367. The fraction of sp³-hybridized carbons (Fsp3) is 0.875. The summed E-state index contributed by atoms with van der Waals surface area (Å²) in [5.74, 6) is -2.19. The molecule has 0 heterocycles. The Morgan fingerprint density at radius 1 is 1.33 bits per heavy atom. The molecule has 0 aliphatic rings. The van der Waals surface area contributed by atoms with Crippen molar-refractivity contribution in [3.05, 3.63) is 0 Å². The van der Waals surface area contributed by atoms with Crippen LogP contribution < -0.4 is 4.72 Å². The van der Waals surface area contributed by atoms with Gasteiger partial charge in [-0.1, -0.05) is 0 Å². The maximum atomic E-state index is 11.8. The molecule has 1 unspecified atom stereocenters. The van der Waals surface area contributed by atoms with E-state index in [2.05, 4.69) is 0 Å². The van der Waals surface area contributed by atoms with Gasteiger partial charge >= 0.3 is 12.1 Å². The van der Waals surface area contributed by atoms with Crippen LogP contribution in [0.5, 0.6) is 0 Å². The molecular formula is C8H14F3NO5S. The van der Waals surface area contributed by atoms with Crippen molar-refractivity contribution in [3.63, 3.8) is 0 Å². The highest BCUT2D eigenvalue weighted by Crippen LogP contribution is 2.21. The van der Waals surface area contributed by atoms with Crippen molar-refractivity contribution in [2.75, 3.05) is 12.3 Å². The van der Waals surface area contributed by atoms with Crippen LogP contribution >= 0.6 is 0 Å². The standard InChI is InChI=1S/C8H14F3NO5S/c9-8(10,11)3-1-5-18(16,17)12-4-2-6(13)7(14)15/h6,12-13H,1-5H2,(H,14,15). The first-order valence-electron chi connectivity index (χ1n) is 4.98. The molecule has 0 saturated carbocycles. The third-order valence-electron chi connectivity index (χ3n) is 1.90. The number of hydrogen-bond acceptors (Lipinski definition) is 4. The Morgan fingerprint density at radius 2 is 1.89 bits per heavy atom. The van der Waals surface area contributed by atoms with E-state index in [-0.39, 0.29) is 13.0 Å². The zero-order valence-electron chi connectivity index (χ0n) is 9.27. The van der Waals surface area contributed by atoms with Gasteiger partial charge in [0, 0.05) is 13.0 Å². The van der Waals surface area contributed by atoms with Crippen molar-refractivity contribution in [1.82, 2.24) is 4.72 Å². The number of nitrogens with one attached hydrogen (secondary N) is 1. The predicted molar refractivity (Wildman–Crippen MR) is 55.3 cm³/mol. The van der Waals surface area contributed by atoms with Gasteiger partial charge in [0.2, 0.25) is 10.0 Å². The lowest BCUT2D eigenvalue weighted by atomic mass is 10.3. The van der Waals surface area contributed by atoms with Crippen LogP contribution in [0.3, 0.4) is 0 Å². The normalized spacial score (nSPS) is 14.4. The van der Waals surface area contributed by atoms with Crippen LogP contribution in [0, 0.1) is 0 Å². The van der Waals surface area contributed by atoms with Gasteiger partial charge in [-0.25, -0.2) is 17.9 Å². The van der Waals surface area contributed by atoms with E-state index in [9.17, 15) is 26.4 Å². The van der Waals surface area contributed by atoms with E-state index in [1.807, 2.05) is 4.72 Å². The summed E-state index contributed by atoms with van der Waals surface area (Å²) in [5, 5.41) is 17.1. The molecule has 18 heavy (non-hydrogen) atoms. The Labute approximate surface area is 102 Å². The third kappa shape index (κ3) is 9.19. The van der Waals surface area contributed by atoms with Gasteiger partial charge in [-0.05, 0) is 12.8 Å². The Hall–Kier alpha value is -0.870. The summed E-state index contributed by atoms with van der Waals surface area (Å²) in [6.45, 7) is -0.345. The summed E-state index contributed by atoms with van der Waals surface area (Å²) in [6, 6.07) is 0. The minimum atomic E-state index is -4.41. The number of carbonyl (C=O) groups is 1. The smallest absolute Gasteiger partial charge is 0.389 e. The van der Waals surface area contributed by atoms with Gasteiger partial charge in [-0.15, -0.1) is 0 Å². The van der Waals surface area contributed by atoms with Crippen LogP contribution in [0.4, 0.5) is 13.2 Å². The van der Waals surface area contributed by atoms with E-state index < -0.39 is 46.9 Å². The molecule has 0 radical (unpaired) electrons. The van der Waals surface area contributed by atoms with Gasteiger partial charge < -0.3 is 10.2 Å². The first-order valence-corrected chi connectivity index (χ1v) is 6.64. The van der Waals surface area contributed by atoms with Gasteiger partial charge in [0.1, 0.15) is 0 Å². The molecular weight excluding hydrogens is 279 g/mol. The van der Waals surface area contributed by atoms with E-state index in [1.54, 1.807) is 0 Å². The first-order chi connectivity index (χ1) is 8.03. The second-order valence-corrected chi connectivity index (χ2v) is 5.50. The summed E-state index contributed by atoms with van der Waals surface area (Å²) < 4.78 is 59.5. The minimum Gasteiger partial charge on any atom is -0.479 e. The number of carboxylic acid groups (broad SMARTS) is 1. The maximum Gasteiger partial charge on any atom is 0.389 e. The maximum absolute atomic E-state index is 11.8. The lowest BCUT2D eigenvalue weighted by molar-refractivity contribution is -0.146. The van der Waals surface area contributed by atoms with Crippen molar-refractivity contribution in [1.29, 1.82) is 0 Å². The van der Waals surface area contributed by atoms with E-state index in [0.29, 0.717) is 0 Å². The number of alkyl halides is 3. The number of halogens is 3. The molecule has 6 nitrogen and oxygen atoms in total. The molecule has 1 atom stereocenters. The van der Waals surface area contributed by atoms with Gasteiger partial charge in [0.25, 0.3) is 0 Å². The number of carboxylic acids is 1. The lowest BCUT2D eigenvalue weighted by Gasteiger charge is -2.09. The molecule has 0 saturated heterocycles. The molecule has 0 rings (SSSR count). The van der Waals surface area contributed by atoms with Gasteiger partial charge in [0.15, 0.2) is 6.10 Å². The highest BCUT2D eigenvalue weighted by atomic mass is 32.2. The summed E-state index contributed by atoms with van der Waals surface area (Å²) in [6.07, 6.45) is -8.24. The van der Waals surface area contributed by atoms with E-state index in [1.165, 1.54) is 0 Å². The number of hydrogen-bond donors (Lipinski definition) is 3. The highest BCUT2D eigenvalue weighted by Gasteiger charge is 2.27. The molecule has 0 bridgehead atoms. The molecule has 0 aromatic carbocycles. The van der Waals surface area contributed by atoms with Crippen molar-refractivity contribution in [2.24, 2.45) is 0 Å². The van der Waals surface area contributed by atoms with Gasteiger partial charge in [0.05, 0.1) is 5.75 Å². The summed E-state index contributed by atoms with van der Waals surface area (Å²) >= 11 is 0. The first kappa shape index (κ1) is 17.1. The molecule has 10 heteroatoms. The molecule has 0 aromatic heterocycles. The molecule has 0 aliphatic carbocycles. The zero-order valence-corrected chi connectivity index (χ0v) is 10.1. The van der Waals surface area contributed by atoms with Crippen LogP contribution in [0.1, 0.15) is 19.3 Å². The van der Waals surface area contributed by atoms with Crippen LogP contribution in [-0.4, -0.2) is 49.2 Å². The minimum absolute atomic E-state index is 0.345. The Kier molecular flexibility index (Phi) is 6.57. The predicted octanol–water partition coefficient (Wildman–Crippen LogP) is 0.0839. The molecule has 0 aromatic rings. The third-order valence-corrected chi connectivity index (χ3v) is 3.37. The second-order valence-electron chi connectivity index (χ2n) is 3.57. The number of aliphatic hydroxyl groups is 1. The van der Waals surface area contributed by atoms with Crippen molar-refractivity contribution >= 4 is 16.0 Å². The van der Waals surface area contributed by atoms with E-state index in [4.69, 9.17) is 10.2 Å². The van der Waals surface area contributed by atoms with Crippen molar-refractivity contribution < 1.29 is 36.6 Å². The lowest BCUT2D eigenvalue weighted by Crippen LogP contribution is -2.31. The zero-order chi connectivity index (χ0) is 14.4. The van der Waals surface area contributed by atoms with Crippen molar-refractivity contribution in [2.45, 2.75) is 31.5 Å². The van der Waals surface area contributed by atoms with Crippen LogP contribution in [0.15, 0.2) is 0 Å². The number of aliphatic carboxylic acids is 1. The largest absolute Gasteiger partial charge is 0.479 e. The monoisotopic (exact) mass is 293 g/mol. The van der Waals surface area contributed by atoms with Crippen LogP contribution in [-0.2, 0) is 14.8 Å². The number of sulfonamides is 1. The van der Waals surface area contributed by atoms with E-state index >= 15 is 0 Å². The second kappa shape index (κ2) is 6.90. The van der Waals surface area contributed by atoms with Crippen LogP contribution in [0.25, 0.3) is 0 Å². The topological polar surface area (TPSA) is 104 Å².